The maximum absolute atomic E-state index is 13.0. The summed E-state index contributed by atoms with van der Waals surface area (Å²) in [4.78, 5) is 14.8. The zero-order valence-corrected chi connectivity index (χ0v) is 14.5. The van der Waals surface area contributed by atoms with Gasteiger partial charge in [0.05, 0.1) is 19.4 Å². The van der Waals surface area contributed by atoms with Crippen molar-refractivity contribution in [2.24, 2.45) is 0 Å². The Hall–Kier alpha value is -2.35. The third-order valence-corrected chi connectivity index (χ3v) is 4.05. The van der Waals surface area contributed by atoms with Crippen molar-refractivity contribution in [1.82, 2.24) is 9.80 Å². The summed E-state index contributed by atoms with van der Waals surface area (Å²) in [5, 5.41) is 0. The Kier molecular flexibility index (Phi) is 6.42. The molecule has 1 atom stereocenters. The van der Waals surface area contributed by atoms with Crippen LogP contribution in [0.5, 0.6) is 0 Å². The van der Waals surface area contributed by atoms with E-state index in [0.29, 0.717) is 4.90 Å². The van der Waals surface area contributed by atoms with Gasteiger partial charge in [0, 0.05) is 6.04 Å². The minimum Gasteiger partial charge on any atom is -0.467 e. The van der Waals surface area contributed by atoms with Gasteiger partial charge in [0.15, 0.2) is 0 Å². The van der Waals surface area contributed by atoms with Crippen LogP contribution in [0.1, 0.15) is 24.3 Å². The number of rotatable bonds is 7. The van der Waals surface area contributed by atoms with Gasteiger partial charge in [-0.3, -0.25) is 9.69 Å². The molecule has 4 nitrogen and oxygen atoms in total. The molecule has 1 amide bonds. The Bertz CT molecular complexity index is 699. The number of carbonyl (C=O) groups is 1. The highest BCUT2D eigenvalue weighted by Gasteiger charge is 2.34. The Morgan fingerprint density at radius 2 is 1.85 bits per heavy atom. The van der Waals surface area contributed by atoms with Crippen LogP contribution in [0.2, 0.25) is 0 Å². The number of furan rings is 1. The quantitative estimate of drug-likeness (QED) is 0.690. The van der Waals surface area contributed by atoms with E-state index >= 15 is 0 Å². The van der Waals surface area contributed by atoms with Gasteiger partial charge < -0.3 is 9.32 Å². The molecule has 0 radical (unpaired) electrons. The number of hydrogen-bond acceptors (Lipinski definition) is 3. The van der Waals surface area contributed by atoms with Crippen LogP contribution < -0.4 is 0 Å². The van der Waals surface area contributed by atoms with Crippen LogP contribution in [-0.2, 0) is 11.3 Å². The molecular weight excluding hydrogens is 352 g/mol. The van der Waals surface area contributed by atoms with E-state index in [2.05, 4.69) is 0 Å². The van der Waals surface area contributed by atoms with Gasteiger partial charge in [-0.1, -0.05) is 12.1 Å². The second-order valence-corrected chi connectivity index (χ2v) is 6.09. The van der Waals surface area contributed by atoms with Crippen molar-refractivity contribution in [2.75, 3.05) is 20.1 Å². The number of amides is 1. The SMILES string of the molecule is CC(c1ccc(F)cc1)N(C)CC(=O)N(Cc1ccco1)CC(F)(F)F. The van der Waals surface area contributed by atoms with Crippen LogP contribution in [0.4, 0.5) is 17.6 Å². The molecule has 26 heavy (non-hydrogen) atoms. The second kappa shape index (κ2) is 8.35. The van der Waals surface area contributed by atoms with E-state index < -0.39 is 18.6 Å². The van der Waals surface area contributed by atoms with Crippen molar-refractivity contribution in [3.63, 3.8) is 0 Å². The lowest BCUT2D eigenvalue weighted by Crippen LogP contribution is -2.43. The minimum atomic E-state index is -4.51. The van der Waals surface area contributed by atoms with Gasteiger partial charge in [-0.05, 0) is 43.8 Å². The molecule has 0 bridgehead atoms. The first kappa shape index (κ1) is 20.0. The fourth-order valence-corrected chi connectivity index (χ4v) is 2.49. The number of carbonyl (C=O) groups excluding carboxylic acids is 1. The maximum Gasteiger partial charge on any atom is 0.406 e. The summed E-state index contributed by atoms with van der Waals surface area (Å²) in [5.74, 6) is -0.776. The number of hydrogen-bond donors (Lipinski definition) is 0. The summed E-state index contributed by atoms with van der Waals surface area (Å²) in [7, 11) is 1.63. The van der Waals surface area contributed by atoms with Gasteiger partial charge in [0.2, 0.25) is 5.91 Å². The molecule has 2 aromatic rings. The highest BCUT2D eigenvalue weighted by atomic mass is 19.4. The number of nitrogens with zero attached hydrogens (tertiary/aromatic N) is 2. The van der Waals surface area contributed by atoms with Crippen molar-refractivity contribution < 1.29 is 26.8 Å². The molecule has 1 unspecified atom stereocenters. The van der Waals surface area contributed by atoms with E-state index in [9.17, 15) is 22.4 Å². The molecule has 0 fully saturated rings. The predicted octanol–water partition coefficient (Wildman–Crippen LogP) is 4.00. The predicted molar refractivity (Wildman–Crippen MR) is 87.6 cm³/mol. The smallest absolute Gasteiger partial charge is 0.406 e. The van der Waals surface area contributed by atoms with E-state index in [1.54, 1.807) is 37.1 Å². The van der Waals surface area contributed by atoms with Crippen molar-refractivity contribution in [3.8, 4) is 0 Å². The third kappa shape index (κ3) is 5.87. The number of halogens is 4. The average Bonchev–Trinajstić information content (AvgIpc) is 3.06. The summed E-state index contributed by atoms with van der Waals surface area (Å²) >= 11 is 0. The standard InChI is InChI=1S/C18H20F4N2O2/c1-13(14-5-7-15(19)8-6-14)23(2)11-17(25)24(12-18(20,21)22)10-16-4-3-9-26-16/h3-9,13H,10-12H2,1-2H3. The topological polar surface area (TPSA) is 36.7 Å². The van der Waals surface area contributed by atoms with Gasteiger partial charge in [-0.15, -0.1) is 0 Å². The van der Waals surface area contributed by atoms with Crippen molar-refractivity contribution in [3.05, 3.63) is 59.8 Å². The first-order valence-electron chi connectivity index (χ1n) is 7.98. The summed E-state index contributed by atoms with van der Waals surface area (Å²) in [6.45, 7) is -0.0358. The number of alkyl halides is 3. The van der Waals surface area contributed by atoms with Gasteiger partial charge in [0.25, 0.3) is 0 Å². The molecule has 2 rings (SSSR count). The molecule has 0 saturated carbocycles. The number of benzene rings is 1. The fraction of sp³-hybridized carbons (Fsp3) is 0.389. The van der Waals surface area contributed by atoms with E-state index in [1.807, 2.05) is 0 Å². The molecule has 8 heteroatoms. The molecule has 1 aromatic heterocycles. The lowest BCUT2D eigenvalue weighted by molar-refractivity contribution is -0.163. The van der Waals surface area contributed by atoms with Crippen molar-refractivity contribution >= 4 is 5.91 Å². The molecule has 0 saturated heterocycles. The van der Waals surface area contributed by atoms with Gasteiger partial charge in [0.1, 0.15) is 18.1 Å². The van der Waals surface area contributed by atoms with E-state index in [0.717, 1.165) is 5.56 Å². The molecule has 0 aliphatic rings. The van der Waals surface area contributed by atoms with Crippen LogP contribution in [0.15, 0.2) is 47.1 Å². The van der Waals surface area contributed by atoms with Gasteiger partial charge in [-0.25, -0.2) is 4.39 Å². The summed E-state index contributed by atoms with van der Waals surface area (Å²) < 4.78 is 56.5. The van der Waals surface area contributed by atoms with Crippen LogP contribution in [0.3, 0.4) is 0 Å². The van der Waals surface area contributed by atoms with Crippen LogP contribution >= 0.6 is 0 Å². The normalized spacial score (nSPS) is 13.0. The first-order valence-corrected chi connectivity index (χ1v) is 7.98. The first-order chi connectivity index (χ1) is 12.2. The van der Waals surface area contributed by atoms with Crippen LogP contribution in [0, 0.1) is 5.82 Å². The van der Waals surface area contributed by atoms with E-state index in [-0.39, 0.29) is 30.7 Å². The van der Waals surface area contributed by atoms with E-state index in [1.165, 1.54) is 24.5 Å². The number of likely N-dealkylation sites (N-methyl/N-ethyl adjacent to an activating group) is 1. The molecular formula is C18H20F4N2O2. The lowest BCUT2D eigenvalue weighted by Gasteiger charge is -2.29. The zero-order chi connectivity index (χ0) is 19.3. The Morgan fingerprint density at radius 1 is 1.19 bits per heavy atom. The molecule has 0 aliphatic heterocycles. The monoisotopic (exact) mass is 372 g/mol. The van der Waals surface area contributed by atoms with Gasteiger partial charge >= 0.3 is 6.18 Å². The Labute approximate surface area is 149 Å². The van der Waals surface area contributed by atoms with Gasteiger partial charge in [-0.2, -0.15) is 13.2 Å². The minimum absolute atomic E-state index is 0.213. The molecule has 1 aromatic carbocycles. The summed E-state index contributed by atoms with van der Waals surface area (Å²) in [6, 6.07) is 8.56. The zero-order valence-electron chi connectivity index (χ0n) is 14.5. The highest BCUT2D eigenvalue weighted by molar-refractivity contribution is 5.78. The lowest BCUT2D eigenvalue weighted by atomic mass is 10.1. The van der Waals surface area contributed by atoms with Crippen molar-refractivity contribution in [2.45, 2.75) is 25.7 Å². The van der Waals surface area contributed by atoms with E-state index in [4.69, 9.17) is 4.42 Å². The van der Waals surface area contributed by atoms with Crippen LogP contribution in [-0.4, -0.2) is 42.0 Å². The molecule has 0 aliphatic carbocycles. The molecule has 1 heterocycles. The second-order valence-electron chi connectivity index (χ2n) is 6.09. The van der Waals surface area contributed by atoms with Crippen molar-refractivity contribution in [1.29, 1.82) is 0 Å². The van der Waals surface area contributed by atoms with Crippen LogP contribution in [0.25, 0.3) is 0 Å². The molecule has 0 spiro atoms. The third-order valence-electron chi connectivity index (χ3n) is 4.05. The Morgan fingerprint density at radius 3 is 2.38 bits per heavy atom. The highest BCUT2D eigenvalue weighted by Crippen LogP contribution is 2.21. The average molecular weight is 372 g/mol. The Balaban J connectivity index is 2.05. The largest absolute Gasteiger partial charge is 0.467 e. The molecule has 142 valence electrons. The molecule has 0 N–H and O–H groups in total. The maximum atomic E-state index is 13.0. The fourth-order valence-electron chi connectivity index (χ4n) is 2.49. The summed E-state index contributed by atoms with van der Waals surface area (Å²) in [5.41, 5.74) is 0.759. The summed E-state index contributed by atoms with van der Waals surface area (Å²) in [6.07, 6.45) is -3.17.